The van der Waals surface area contributed by atoms with Crippen molar-refractivity contribution in [2.24, 2.45) is 0 Å². The van der Waals surface area contributed by atoms with Crippen LogP contribution in [0.25, 0.3) is 0 Å². The van der Waals surface area contributed by atoms with Gasteiger partial charge in [-0.2, -0.15) is 0 Å². The Bertz CT molecular complexity index is 581. The molecule has 0 aliphatic heterocycles. The highest BCUT2D eigenvalue weighted by atomic mass is 16.5. The smallest absolute Gasteiger partial charge is 0.122 e. The Kier molecular flexibility index (Phi) is 4.64. The van der Waals surface area contributed by atoms with Crippen LogP contribution in [-0.4, -0.2) is 12.2 Å². The first-order chi connectivity index (χ1) is 9.61. The highest BCUT2D eigenvalue weighted by molar-refractivity contribution is 5.39. The van der Waals surface area contributed by atoms with E-state index in [9.17, 15) is 5.11 Å². The van der Waals surface area contributed by atoms with Crippen molar-refractivity contribution in [1.29, 1.82) is 0 Å². The van der Waals surface area contributed by atoms with E-state index in [4.69, 9.17) is 4.74 Å². The second-order valence-corrected chi connectivity index (χ2v) is 4.96. The molecule has 3 nitrogen and oxygen atoms in total. The summed E-state index contributed by atoms with van der Waals surface area (Å²) in [5, 5.41) is 13.4. The number of benzene rings is 2. The fourth-order valence-electron chi connectivity index (χ4n) is 2.15. The maximum atomic E-state index is 10.0. The van der Waals surface area contributed by atoms with Gasteiger partial charge >= 0.3 is 0 Å². The maximum absolute atomic E-state index is 10.0. The van der Waals surface area contributed by atoms with Gasteiger partial charge < -0.3 is 15.2 Å². The molecule has 3 heteroatoms. The summed E-state index contributed by atoms with van der Waals surface area (Å²) in [5.41, 5.74) is 2.98. The van der Waals surface area contributed by atoms with Crippen LogP contribution in [0.5, 0.6) is 11.5 Å². The van der Waals surface area contributed by atoms with Gasteiger partial charge in [-0.3, -0.25) is 0 Å². The molecule has 0 unspecified atom stereocenters. The Morgan fingerprint density at radius 3 is 2.70 bits per heavy atom. The minimum atomic E-state index is 0.185. The number of hydrogen-bond acceptors (Lipinski definition) is 3. The van der Waals surface area contributed by atoms with E-state index in [-0.39, 0.29) is 6.04 Å². The molecule has 106 valence electrons. The first-order valence-corrected chi connectivity index (χ1v) is 6.76. The van der Waals surface area contributed by atoms with Gasteiger partial charge in [-0.05, 0) is 37.1 Å². The van der Waals surface area contributed by atoms with Crippen molar-refractivity contribution in [3.05, 3.63) is 59.2 Å². The number of nitrogens with one attached hydrogen (secondary N) is 1. The third kappa shape index (κ3) is 3.31. The molecule has 0 saturated heterocycles. The van der Waals surface area contributed by atoms with E-state index in [1.807, 2.05) is 43.3 Å². The molecule has 2 aromatic rings. The molecule has 0 saturated carbocycles. The second kappa shape index (κ2) is 6.44. The minimum absolute atomic E-state index is 0.185. The van der Waals surface area contributed by atoms with Gasteiger partial charge in [0.2, 0.25) is 0 Å². The predicted octanol–water partition coefficient (Wildman–Crippen LogP) is 3.56. The van der Waals surface area contributed by atoms with Crippen LogP contribution in [-0.2, 0) is 6.54 Å². The highest BCUT2D eigenvalue weighted by Crippen LogP contribution is 2.23. The number of hydrogen-bond donors (Lipinski definition) is 2. The van der Waals surface area contributed by atoms with Crippen LogP contribution in [0.15, 0.2) is 42.5 Å². The molecule has 0 heterocycles. The zero-order valence-electron chi connectivity index (χ0n) is 12.2. The zero-order valence-corrected chi connectivity index (χ0v) is 12.2. The van der Waals surface area contributed by atoms with E-state index in [1.54, 1.807) is 7.11 Å². The Balaban J connectivity index is 2.04. The van der Waals surface area contributed by atoms with Crippen LogP contribution in [0.3, 0.4) is 0 Å². The van der Waals surface area contributed by atoms with Crippen molar-refractivity contribution >= 4 is 0 Å². The van der Waals surface area contributed by atoms with E-state index in [1.165, 1.54) is 0 Å². The molecule has 1 atom stereocenters. The first kappa shape index (κ1) is 14.4. The summed E-state index contributed by atoms with van der Waals surface area (Å²) in [5.74, 6) is 1.23. The van der Waals surface area contributed by atoms with Crippen molar-refractivity contribution in [2.45, 2.75) is 26.4 Å². The lowest BCUT2D eigenvalue weighted by Crippen LogP contribution is -2.18. The largest absolute Gasteiger partial charge is 0.507 e. The lowest BCUT2D eigenvalue weighted by Gasteiger charge is -2.16. The van der Waals surface area contributed by atoms with E-state index in [0.29, 0.717) is 12.3 Å². The average Bonchev–Trinajstić information content (AvgIpc) is 2.48. The summed E-state index contributed by atoms with van der Waals surface area (Å²) in [7, 11) is 1.67. The summed E-state index contributed by atoms with van der Waals surface area (Å²) >= 11 is 0. The number of rotatable bonds is 5. The van der Waals surface area contributed by atoms with Gasteiger partial charge in [0, 0.05) is 18.2 Å². The van der Waals surface area contributed by atoms with E-state index < -0.39 is 0 Å². The molecule has 20 heavy (non-hydrogen) atoms. The minimum Gasteiger partial charge on any atom is -0.507 e. The van der Waals surface area contributed by atoms with Crippen molar-refractivity contribution in [3.63, 3.8) is 0 Å². The fraction of sp³-hybridized carbons (Fsp3) is 0.294. The Morgan fingerprint density at radius 1 is 1.20 bits per heavy atom. The molecule has 0 amide bonds. The van der Waals surface area contributed by atoms with Gasteiger partial charge in [0.15, 0.2) is 0 Å². The topological polar surface area (TPSA) is 41.5 Å². The molecule has 0 aliphatic carbocycles. The van der Waals surface area contributed by atoms with Crippen LogP contribution in [0.1, 0.15) is 29.7 Å². The lowest BCUT2D eigenvalue weighted by atomic mass is 10.1. The summed E-state index contributed by atoms with van der Waals surface area (Å²) < 4.78 is 5.23. The summed E-state index contributed by atoms with van der Waals surface area (Å²) in [6.07, 6.45) is 0. The van der Waals surface area contributed by atoms with Gasteiger partial charge in [0.05, 0.1) is 7.11 Å². The van der Waals surface area contributed by atoms with Gasteiger partial charge in [-0.25, -0.2) is 0 Å². The molecule has 0 aliphatic rings. The number of phenolic OH excluding ortho intramolecular Hbond substituents is 1. The number of aryl methyl sites for hydroxylation is 1. The molecule has 2 aromatic carbocycles. The number of ether oxygens (including phenoxy) is 1. The lowest BCUT2D eigenvalue weighted by molar-refractivity contribution is 0.413. The number of phenols is 1. The molecule has 0 spiro atoms. The van der Waals surface area contributed by atoms with Crippen molar-refractivity contribution in [2.75, 3.05) is 7.11 Å². The molecular weight excluding hydrogens is 250 g/mol. The Labute approximate surface area is 120 Å². The van der Waals surface area contributed by atoms with Crippen LogP contribution in [0.2, 0.25) is 0 Å². The zero-order chi connectivity index (χ0) is 14.5. The third-order valence-corrected chi connectivity index (χ3v) is 3.51. The normalized spacial score (nSPS) is 12.2. The van der Waals surface area contributed by atoms with Crippen LogP contribution in [0.4, 0.5) is 0 Å². The third-order valence-electron chi connectivity index (χ3n) is 3.51. The van der Waals surface area contributed by atoms with Gasteiger partial charge in [-0.15, -0.1) is 0 Å². The monoisotopic (exact) mass is 271 g/mol. The van der Waals surface area contributed by atoms with E-state index in [0.717, 1.165) is 22.4 Å². The quantitative estimate of drug-likeness (QED) is 0.873. The number of aromatic hydroxyl groups is 1. The summed E-state index contributed by atoms with van der Waals surface area (Å²) in [6.45, 7) is 4.64. The van der Waals surface area contributed by atoms with Gasteiger partial charge in [0.1, 0.15) is 11.5 Å². The Morgan fingerprint density at radius 2 is 1.95 bits per heavy atom. The van der Waals surface area contributed by atoms with Crippen molar-refractivity contribution in [1.82, 2.24) is 5.32 Å². The predicted molar refractivity (Wildman–Crippen MR) is 81.1 cm³/mol. The molecule has 0 fully saturated rings. The van der Waals surface area contributed by atoms with Crippen LogP contribution >= 0.6 is 0 Å². The first-order valence-electron chi connectivity index (χ1n) is 6.76. The molecule has 2 N–H and O–H groups in total. The van der Waals surface area contributed by atoms with Crippen molar-refractivity contribution in [3.8, 4) is 11.5 Å². The average molecular weight is 271 g/mol. The number of methoxy groups -OCH3 is 1. The van der Waals surface area contributed by atoms with Gasteiger partial charge in [0.25, 0.3) is 0 Å². The SMILES string of the molecule is COc1cccc([C@H](C)NCc2cccc(C)c2O)c1. The van der Waals surface area contributed by atoms with Crippen LogP contribution < -0.4 is 10.1 Å². The molecule has 0 aromatic heterocycles. The Hall–Kier alpha value is -2.00. The second-order valence-electron chi connectivity index (χ2n) is 4.96. The van der Waals surface area contributed by atoms with E-state index in [2.05, 4.69) is 18.3 Å². The van der Waals surface area contributed by atoms with Gasteiger partial charge in [-0.1, -0.05) is 30.3 Å². The molecule has 0 radical (unpaired) electrons. The molecule has 0 bridgehead atoms. The van der Waals surface area contributed by atoms with Crippen LogP contribution in [0, 0.1) is 6.92 Å². The standard InChI is InChI=1S/C17H21NO2/c1-12-6-4-8-15(17(12)19)11-18-13(2)14-7-5-9-16(10-14)20-3/h4-10,13,18-19H,11H2,1-3H3/t13-/m0/s1. The molecule has 2 rings (SSSR count). The maximum Gasteiger partial charge on any atom is 0.122 e. The van der Waals surface area contributed by atoms with Crippen molar-refractivity contribution < 1.29 is 9.84 Å². The molecular formula is C17H21NO2. The highest BCUT2D eigenvalue weighted by Gasteiger charge is 2.08. The number of para-hydroxylation sites is 1. The van der Waals surface area contributed by atoms with E-state index >= 15 is 0 Å². The fourth-order valence-corrected chi connectivity index (χ4v) is 2.15. The summed E-state index contributed by atoms with van der Waals surface area (Å²) in [6, 6.07) is 14.0. The summed E-state index contributed by atoms with van der Waals surface area (Å²) in [4.78, 5) is 0.